The predicted octanol–water partition coefficient (Wildman–Crippen LogP) is 2.51. The van der Waals surface area contributed by atoms with Gasteiger partial charge in [0.1, 0.15) is 0 Å². The number of carbonyl (C=O) groups is 1. The summed E-state index contributed by atoms with van der Waals surface area (Å²) in [4.78, 5) is 13.5. The standard InChI is InChI=1S/C12H15NO/c1-9-3-6-11(7-4-9)13-10(2)5-8-12(13)14/h3-4,6-7,10H,5,8H2,1-2H3. The van der Waals surface area contributed by atoms with Crippen LogP contribution in [0.1, 0.15) is 25.3 Å². The van der Waals surface area contributed by atoms with Crippen molar-refractivity contribution in [3.8, 4) is 0 Å². The number of nitrogens with zero attached hydrogens (tertiary/aromatic N) is 1. The van der Waals surface area contributed by atoms with Gasteiger partial charge in [0.25, 0.3) is 0 Å². The van der Waals surface area contributed by atoms with E-state index in [0.29, 0.717) is 12.5 Å². The lowest BCUT2D eigenvalue weighted by Crippen LogP contribution is -2.30. The summed E-state index contributed by atoms with van der Waals surface area (Å²) in [5.41, 5.74) is 2.26. The van der Waals surface area contributed by atoms with Gasteiger partial charge in [-0.15, -0.1) is 0 Å². The monoisotopic (exact) mass is 189 g/mol. The molecule has 1 fully saturated rings. The summed E-state index contributed by atoms with van der Waals surface area (Å²) in [7, 11) is 0. The molecule has 0 bridgehead atoms. The Labute approximate surface area is 84.5 Å². The summed E-state index contributed by atoms with van der Waals surface area (Å²) in [6, 6.07) is 8.50. The van der Waals surface area contributed by atoms with E-state index >= 15 is 0 Å². The minimum atomic E-state index is 0.251. The van der Waals surface area contributed by atoms with Crippen LogP contribution < -0.4 is 4.90 Å². The molecule has 1 saturated heterocycles. The minimum absolute atomic E-state index is 0.251. The molecular formula is C12H15NO. The highest BCUT2D eigenvalue weighted by Crippen LogP contribution is 2.26. The van der Waals surface area contributed by atoms with E-state index in [0.717, 1.165) is 12.1 Å². The van der Waals surface area contributed by atoms with Crippen molar-refractivity contribution in [1.29, 1.82) is 0 Å². The van der Waals surface area contributed by atoms with Crippen molar-refractivity contribution in [2.75, 3.05) is 4.90 Å². The average Bonchev–Trinajstić information content (AvgIpc) is 2.49. The van der Waals surface area contributed by atoms with Crippen molar-refractivity contribution in [3.05, 3.63) is 29.8 Å². The Hall–Kier alpha value is -1.31. The van der Waals surface area contributed by atoms with Gasteiger partial charge in [-0.3, -0.25) is 4.79 Å². The zero-order valence-corrected chi connectivity index (χ0v) is 8.66. The van der Waals surface area contributed by atoms with Gasteiger partial charge in [-0.05, 0) is 32.4 Å². The van der Waals surface area contributed by atoms with Crippen LogP contribution in [0.15, 0.2) is 24.3 Å². The Balaban J connectivity index is 2.30. The number of carbonyl (C=O) groups excluding carboxylic acids is 1. The Kier molecular flexibility index (Phi) is 2.28. The molecule has 74 valence electrons. The molecule has 0 spiro atoms. The topological polar surface area (TPSA) is 20.3 Å². The molecule has 1 aromatic carbocycles. The van der Waals surface area contributed by atoms with E-state index in [-0.39, 0.29) is 5.91 Å². The molecule has 0 saturated carbocycles. The first-order valence-corrected chi connectivity index (χ1v) is 5.07. The van der Waals surface area contributed by atoms with Gasteiger partial charge in [-0.2, -0.15) is 0 Å². The number of benzene rings is 1. The third-order valence-corrected chi connectivity index (χ3v) is 2.80. The zero-order valence-electron chi connectivity index (χ0n) is 8.66. The second-order valence-electron chi connectivity index (χ2n) is 3.99. The van der Waals surface area contributed by atoms with E-state index in [1.165, 1.54) is 5.56 Å². The first-order valence-electron chi connectivity index (χ1n) is 5.07. The highest BCUT2D eigenvalue weighted by atomic mass is 16.2. The molecule has 0 N–H and O–H groups in total. The van der Waals surface area contributed by atoms with E-state index in [2.05, 4.69) is 13.8 Å². The van der Waals surface area contributed by atoms with Crippen LogP contribution >= 0.6 is 0 Å². The SMILES string of the molecule is Cc1ccc(N2C(=O)CCC2C)cc1. The Bertz CT molecular complexity index is 342. The lowest BCUT2D eigenvalue weighted by atomic mass is 10.2. The number of rotatable bonds is 1. The molecule has 14 heavy (non-hydrogen) atoms. The van der Waals surface area contributed by atoms with E-state index in [1.54, 1.807) is 0 Å². The fraction of sp³-hybridized carbons (Fsp3) is 0.417. The van der Waals surface area contributed by atoms with Gasteiger partial charge in [-0.1, -0.05) is 17.7 Å². The number of anilines is 1. The first kappa shape index (κ1) is 9.25. The number of aryl methyl sites for hydroxylation is 1. The van der Waals surface area contributed by atoms with Crippen LogP contribution in [0.5, 0.6) is 0 Å². The number of hydrogen-bond donors (Lipinski definition) is 0. The van der Waals surface area contributed by atoms with E-state index in [4.69, 9.17) is 0 Å². The third-order valence-electron chi connectivity index (χ3n) is 2.80. The molecule has 2 rings (SSSR count). The van der Waals surface area contributed by atoms with Gasteiger partial charge < -0.3 is 4.90 Å². The van der Waals surface area contributed by atoms with Crippen molar-refractivity contribution in [3.63, 3.8) is 0 Å². The second kappa shape index (κ2) is 3.45. The molecule has 2 heteroatoms. The van der Waals surface area contributed by atoms with Crippen LogP contribution in [0.25, 0.3) is 0 Å². The molecular weight excluding hydrogens is 174 g/mol. The maximum Gasteiger partial charge on any atom is 0.227 e. The highest BCUT2D eigenvalue weighted by Gasteiger charge is 2.28. The summed E-state index contributed by atoms with van der Waals surface area (Å²) in [5, 5.41) is 0. The maximum absolute atomic E-state index is 11.6. The summed E-state index contributed by atoms with van der Waals surface area (Å²) < 4.78 is 0. The van der Waals surface area contributed by atoms with E-state index < -0.39 is 0 Å². The summed E-state index contributed by atoms with van der Waals surface area (Å²) >= 11 is 0. The van der Waals surface area contributed by atoms with Gasteiger partial charge in [0, 0.05) is 18.2 Å². The maximum atomic E-state index is 11.6. The molecule has 0 aliphatic carbocycles. The fourth-order valence-electron chi connectivity index (χ4n) is 1.93. The van der Waals surface area contributed by atoms with Gasteiger partial charge in [0.15, 0.2) is 0 Å². The van der Waals surface area contributed by atoms with Gasteiger partial charge in [0.05, 0.1) is 0 Å². The summed E-state index contributed by atoms with van der Waals surface area (Å²) in [6.07, 6.45) is 1.67. The Morgan fingerprint density at radius 1 is 1.29 bits per heavy atom. The second-order valence-corrected chi connectivity index (χ2v) is 3.99. The highest BCUT2D eigenvalue weighted by molar-refractivity contribution is 5.96. The molecule has 1 atom stereocenters. The van der Waals surface area contributed by atoms with Crippen LogP contribution in [0.4, 0.5) is 5.69 Å². The summed E-state index contributed by atoms with van der Waals surface area (Å²) in [5.74, 6) is 0.251. The smallest absolute Gasteiger partial charge is 0.227 e. The first-order chi connectivity index (χ1) is 6.68. The van der Waals surface area contributed by atoms with Crippen molar-refractivity contribution in [1.82, 2.24) is 0 Å². The molecule has 1 heterocycles. The molecule has 1 amide bonds. The van der Waals surface area contributed by atoms with E-state index in [9.17, 15) is 4.79 Å². The van der Waals surface area contributed by atoms with Gasteiger partial charge in [0.2, 0.25) is 5.91 Å². The van der Waals surface area contributed by atoms with Crippen molar-refractivity contribution in [2.45, 2.75) is 32.7 Å². The molecule has 0 radical (unpaired) electrons. The zero-order chi connectivity index (χ0) is 10.1. The molecule has 1 aliphatic heterocycles. The van der Waals surface area contributed by atoms with Crippen LogP contribution in [-0.4, -0.2) is 11.9 Å². The van der Waals surface area contributed by atoms with Crippen molar-refractivity contribution in [2.24, 2.45) is 0 Å². The van der Waals surface area contributed by atoms with Crippen LogP contribution in [0.3, 0.4) is 0 Å². The number of hydrogen-bond acceptors (Lipinski definition) is 1. The normalized spacial score (nSPS) is 21.7. The lowest BCUT2D eigenvalue weighted by molar-refractivity contribution is -0.117. The Morgan fingerprint density at radius 2 is 1.93 bits per heavy atom. The predicted molar refractivity (Wildman–Crippen MR) is 57.4 cm³/mol. The third kappa shape index (κ3) is 1.52. The van der Waals surface area contributed by atoms with E-state index in [1.807, 2.05) is 29.2 Å². The average molecular weight is 189 g/mol. The molecule has 0 aromatic heterocycles. The van der Waals surface area contributed by atoms with Crippen LogP contribution in [0.2, 0.25) is 0 Å². The summed E-state index contributed by atoms with van der Waals surface area (Å²) in [6.45, 7) is 4.16. The molecule has 1 unspecified atom stereocenters. The molecule has 2 nitrogen and oxygen atoms in total. The van der Waals surface area contributed by atoms with Gasteiger partial charge in [-0.25, -0.2) is 0 Å². The number of amides is 1. The van der Waals surface area contributed by atoms with Crippen molar-refractivity contribution < 1.29 is 4.79 Å². The lowest BCUT2D eigenvalue weighted by Gasteiger charge is -2.21. The van der Waals surface area contributed by atoms with Crippen LogP contribution in [0, 0.1) is 6.92 Å². The molecule has 1 aliphatic rings. The largest absolute Gasteiger partial charge is 0.310 e. The fourth-order valence-corrected chi connectivity index (χ4v) is 1.93. The van der Waals surface area contributed by atoms with Crippen LogP contribution in [-0.2, 0) is 4.79 Å². The van der Waals surface area contributed by atoms with Crippen molar-refractivity contribution >= 4 is 11.6 Å². The molecule has 1 aromatic rings. The van der Waals surface area contributed by atoms with Gasteiger partial charge >= 0.3 is 0 Å². The Morgan fingerprint density at radius 3 is 2.43 bits per heavy atom. The minimum Gasteiger partial charge on any atom is -0.310 e. The quantitative estimate of drug-likeness (QED) is 0.664.